The van der Waals surface area contributed by atoms with Crippen molar-refractivity contribution in [2.45, 2.75) is 13.3 Å². The number of carbonyl (C=O) groups excluding carboxylic acids is 3. The van der Waals surface area contributed by atoms with E-state index in [0.717, 1.165) is 11.3 Å². The van der Waals surface area contributed by atoms with E-state index in [4.69, 9.17) is 9.47 Å². The molecule has 0 fully saturated rings. The minimum atomic E-state index is -0.493. The Labute approximate surface area is 197 Å². The topological polar surface area (TPSA) is 84.9 Å². The predicted octanol–water partition coefficient (Wildman–Crippen LogP) is 4.66. The summed E-state index contributed by atoms with van der Waals surface area (Å²) in [5.74, 6) is -0.780. The third kappa shape index (κ3) is 4.54. The third-order valence-corrected chi connectivity index (χ3v) is 5.28. The first-order chi connectivity index (χ1) is 16.5. The molecule has 1 heterocycles. The molecular weight excluding hydrogens is 432 g/mol. The number of anilines is 2. The summed E-state index contributed by atoms with van der Waals surface area (Å²) < 4.78 is 10.4. The summed E-state index contributed by atoms with van der Waals surface area (Å²) in [6, 6.07) is 22.4. The summed E-state index contributed by atoms with van der Waals surface area (Å²) in [4.78, 5) is 40.2. The van der Waals surface area contributed by atoms with Gasteiger partial charge in [0.05, 0.1) is 30.5 Å². The second-order valence-electron chi connectivity index (χ2n) is 7.60. The average Bonchev–Trinajstić information content (AvgIpc) is 3.12. The number of nitrogens with zero attached hydrogens (tertiary/aromatic N) is 1. The van der Waals surface area contributed by atoms with E-state index < -0.39 is 17.8 Å². The Kier molecular flexibility index (Phi) is 6.73. The van der Waals surface area contributed by atoms with Gasteiger partial charge in [-0.3, -0.25) is 9.59 Å². The second kappa shape index (κ2) is 10.0. The van der Waals surface area contributed by atoms with Crippen molar-refractivity contribution in [2.24, 2.45) is 0 Å². The van der Waals surface area contributed by atoms with Gasteiger partial charge in [0, 0.05) is 11.8 Å². The van der Waals surface area contributed by atoms with Crippen LogP contribution in [0, 0.1) is 0 Å². The van der Waals surface area contributed by atoms with Gasteiger partial charge in [0.2, 0.25) is 0 Å². The molecule has 0 saturated heterocycles. The van der Waals surface area contributed by atoms with Gasteiger partial charge in [-0.05, 0) is 48.4 Å². The molecule has 0 spiro atoms. The maximum Gasteiger partial charge on any atom is 0.338 e. The summed E-state index contributed by atoms with van der Waals surface area (Å²) in [7, 11) is 1.56. The number of rotatable bonds is 8. The van der Waals surface area contributed by atoms with E-state index in [0.29, 0.717) is 34.9 Å². The number of benzene rings is 3. The maximum absolute atomic E-state index is 13.5. The molecule has 3 aromatic rings. The first-order valence-corrected chi connectivity index (χ1v) is 10.9. The normalized spacial score (nSPS) is 13.3. The highest BCUT2D eigenvalue weighted by molar-refractivity contribution is 6.46. The maximum atomic E-state index is 13.5. The monoisotopic (exact) mass is 456 g/mol. The molecule has 0 aliphatic carbocycles. The number of hydrogen-bond acceptors (Lipinski definition) is 6. The van der Waals surface area contributed by atoms with Crippen LogP contribution < -0.4 is 15.0 Å². The van der Waals surface area contributed by atoms with Crippen molar-refractivity contribution in [3.63, 3.8) is 0 Å². The Morgan fingerprint density at radius 3 is 2.32 bits per heavy atom. The SMILES string of the molecule is CCCOC(=O)c1ccc(N2C(=O)C(Nc3cccc(OC)c3)=C(c3ccccc3)C2=O)cc1. The molecule has 3 aromatic carbocycles. The van der Waals surface area contributed by atoms with E-state index in [2.05, 4.69) is 5.32 Å². The predicted molar refractivity (Wildman–Crippen MR) is 129 cm³/mol. The van der Waals surface area contributed by atoms with Crippen LogP contribution in [0.5, 0.6) is 5.75 Å². The van der Waals surface area contributed by atoms with E-state index >= 15 is 0 Å². The lowest BCUT2D eigenvalue weighted by molar-refractivity contribution is -0.120. The highest BCUT2D eigenvalue weighted by Crippen LogP contribution is 2.34. The van der Waals surface area contributed by atoms with Crippen molar-refractivity contribution in [1.29, 1.82) is 0 Å². The summed E-state index contributed by atoms with van der Waals surface area (Å²) >= 11 is 0. The van der Waals surface area contributed by atoms with Crippen LogP contribution in [0.15, 0.2) is 84.6 Å². The molecular formula is C27H24N2O5. The lowest BCUT2D eigenvalue weighted by Crippen LogP contribution is -2.32. The van der Waals surface area contributed by atoms with Crippen LogP contribution in [-0.4, -0.2) is 31.5 Å². The highest BCUT2D eigenvalue weighted by atomic mass is 16.5. The molecule has 7 heteroatoms. The fraction of sp³-hybridized carbons (Fsp3) is 0.148. The van der Waals surface area contributed by atoms with E-state index in [1.807, 2.05) is 25.1 Å². The number of hydrogen-bond donors (Lipinski definition) is 1. The first kappa shape index (κ1) is 22.8. The smallest absolute Gasteiger partial charge is 0.338 e. The largest absolute Gasteiger partial charge is 0.497 e. The van der Waals surface area contributed by atoms with E-state index in [1.165, 1.54) is 0 Å². The van der Waals surface area contributed by atoms with Gasteiger partial charge in [0.1, 0.15) is 11.4 Å². The zero-order chi connectivity index (χ0) is 24.1. The van der Waals surface area contributed by atoms with E-state index in [9.17, 15) is 14.4 Å². The molecule has 1 aliphatic heterocycles. The van der Waals surface area contributed by atoms with Crippen LogP contribution in [0.1, 0.15) is 29.3 Å². The van der Waals surface area contributed by atoms with Gasteiger partial charge in [-0.15, -0.1) is 0 Å². The average molecular weight is 456 g/mol. The lowest BCUT2D eigenvalue weighted by atomic mass is 10.0. The standard InChI is InChI=1S/C27H24N2O5/c1-3-16-34-27(32)19-12-14-21(15-13-19)29-25(30)23(18-8-5-4-6-9-18)24(26(29)31)28-20-10-7-11-22(17-20)33-2/h4-15,17,28H,3,16H2,1-2H3. The number of imide groups is 1. The molecule has 2 amide bonds. The fourth-order valence-corrected chi connectivity index (χ4v) is 3.62. The van der Waals surface area contributed by atoms with Gasteiger partial charge < -0.3 is 14.8 Å². The van der Waals surface area contributed by atoms with Crippen LogP contribution in [-0.2, 0) is 14.3 Å². The van der Waals surface area contributed by atoms with Gasteiger partial charge >= 0.3 is 5.97 Å². The summed E-state index contributed by atoms with van der Waals surface area (Å²) in [6.07, 6.45) is 0.720. The van der Waals surface area contributed by atoms with Crippen LogP contribution in [0.2, 0.25) is 0 Å². The van der Waals surface area contributed by atoms with Crippen molar-refractivity contribution >= 4 is 34.7 Å². The molecule has 0 unspecified atom stereocenters. The van der Waals surface area contributed by atoms with Gasteiger partial charge in [-0.25, -0.2) is 9.69 Å². The minimum Gasteiger partial charge on any atom is -0.497 e. The molecule has 0 saturated carbocycles. The quantitative estimate of drug-likeness (QED) is 0.392. The van der Waals surface area contributed by atoms with Crippen molar-refractivity contribution in [3.8, 4) is 5.75 Å². The van der Waals surface area contributed by atoms with Crippen molar-refractivity contribution < 1.29 is 23.9 Å². The number of nitrogens with one attached hydrogen (secondary N) is 1. The van der Waals surface area contributed by atoms with Crippen molar-refractivity contribution in [1.82, 2.24) is 0 Å². The summed E-state index contributed by atoms with van der Waals surface area (Å²) in [6.45, 7) is 2.24. The fourth-order valence-electron chi connectivity index (χ4n) is 3.62. The molecule has 0 radical (unpaired) electrons. The minimum absolute atomic E-state index is 0.163. The molecule has 34 heavy (non-hydrogen) atoms. The Bertz CT molecular complexity index is 1250. The third-order valence-electron chi connectivity index (χ3n) is 5.28. The van der Waals surface area contributed by atoms with Gasteiger partial charge in [-0.1, -0.05) is 43.3 Å². The zero-order valence-corrected chi connectivity index (χ0v) is 18.9. The molecule has 7 nitrogen and oxygen atoms in total. The van der Waals surface area contributed by atoms with Crippen LogP contribution in [0.3, 0.4) is 0 Å². The van der Waals surface area contributed by atoms with E-state index in [-0.39, 0.29) is 11.3 Å². The number of esters is 1. The molecule has 0 aromatic heterocycles. The summed E-state index contributed by atoms with van der Waals surface area (Å²) in [5, 5.41) is 3.11. The molecule has 0 bridgehead atoms. The van der Waals surface area contributed by atoms with Crippen molar-refractivity contribution in [2.75, 3.05) is 23.9 Å². The van der Waals surface area contributed by atoms with Crippen LogP contribution in [0.25, 0.3) is 5.57 Å². The molecule has 172 valence electrons. The van der Waals surface area contributed by atoms with Gasteiger partial charge in [-0.2, -0.15) is 0 Å². The Balaban J connectivity index is 1.69. The number of methoxy groups -OCH3 is 1. The van der Waals surface area contributed by atoms with Crippen LogP contribution in [0.4, 0.5) is 11.4 Å². The zero-order valence-electron chi connectivity index (χ0n) is 18.9. The second-order valence-corrected chi connectivity index (χ2v) is 7.60. The van der Waals surface area contributed by atoms with E-state index in [1.54, 1.807) is 67.8 Å². The highest BCUT2D eigenvalue weighted by Gasteiger charge is 2.40. The Hall–Kier alpha value is -4.39. The molecule has 1 N–H and O–H groups in total. The van der Waals surface area contributed by atoms with Crippen LogP contribution >= 0.6 is 0 Å². The number of ether oxygens (including phenoxy) is 2. The summed E-state index contributed by atoms with van der Waals surface area (Å²) in [5.41, 5.74) is 2.37. The molecule has 1 aliphatic rings. The number of carbonyl (C=O) groups is 3. The van der Waals surface area contributed by atoms with Gasteiger partial charge in [0.25, 0.3) is 11.8 Å². The Morgan fingerprint density at radius 1 is 0.912 bits per heavy atom. The Morgan fingerprint density at radius 2 is 1.65 bits per heavy atom. The first-order valence-electron chi connectivity index (χ1n) is 10.9. The molecule has 0 atom stereocenters. The van der Waals surface area contributed by atoms with Gasteiger partial charge in [0.15, 0.2) is 0 Å². The van der Waals surface area contributed by atoms with Crippen molar-refractivity contribution in [3.05, 3.63) is 95.7 Å². The molecule has 4 rings (SSSR count). The number of amides is 2. The lowest BCUT2D eigenvalue weighted by Gasteiger charge is -2.16.